The van der Waals surface area contributed by atoms with Gasteiger partial charge >= 0.3 is 0 Å². The Kier molecular flexibility index (Phi) is 7.14. The number of nitrogens with one attached hydrogen (secondary N) is 1. The third-order valence-electron chi connectivity index (χ3n) is 4.08. The SMILES string of the molecule is CNCc1ccc(OCCOc2ccc(C(C)C)c(C)c2)c(OC)c1. The summed E-state index contributed by atoms with van der Waals surface area (Å²) >= 11 is 0. The lowest BCUT2D eigenvalue weighted by atomic mass is 9.98. The van der Waals surface area contributed by atoms with E-state index in [1.165, 1.54) is 11.1 Å². The van der Waals surface area contributed by atoms with Gasteiger partial charge in [-0.25, -0.2) is 0 Å². The maximum atomic E-state index is 5.80. The fourth-order valence-corrected chi connectivity index (χ4v) is 2.84. The first-order valence-electron chi connectivity index (χ1n) is 8.72. The number of benzene rings is 2. The van der Waals surface area contributed by atoms with E-state index in [2.05, 4.69) is 38.2 Å². The molecule has 2 aromatic carbocycles. The van der Waals surface area contributed by atoms with E-state index in [1.54, 1.807) is 7.11 Å². The van der Waals surface area contributed by atoms with Gasteiger partial charge in [0, 0.05) is 6.54 Å². The summed E-state index contributed by atoms with van der Waals surface area (Å²) in [5, 5.41) is 3.12. The molecule has 0 radical (unpaired) electrons. The second-order valence-electron chi connectivity index (χ2n) is 6.39. The number of methoxy groups -OCH3 is 1. The molecular weight excluding hydrogens is 314 g/mol. The first-order chi connectivity index (χ1) is 12.0. The van der Waals surface area contributed by atoms with Crippen LogP contribution in [0, 0.1) is 6.92 Å². The zero-order valence-corrected chi connectivity index (χ0v) is 15.9. The third kappa shape index (κ3) is 5.40. The highest BCUT2D eigenvalue weighted by Crippen LogP contribution is 2.28. The van der Waals surface area contributed by atoms with Gasteiger partial charge in [0.1, 0.15) is 19.0 Å². The first kappa shape index (κ1) is 19.1. The summed E-state index contributed by atoms with van der Waals surface area (Å²) in [6.45, 7) is 8.27. The summed E-state index contributed by atoms with van der Waals surface area (Å²) in [6, 6.07) is 12.2. The summed E-state index contributed by atoms with van der Waals surface area (Å²) in [4.78, 5) is 0. The molecule has 25 heavy (non-hydrogen) atoms. The maximum absolute atomic E-state index is 5.80. The Hall–Kier alpha value is -2.20. The number of hydrogen-bond acceptors (Lipinski definition) is 4. The number of hydrogen-bond donors (Lipinski definition) is 1. The molecule has 2 rings (SSSR count). The van der Waals surface area contributed by atoms with Gasteiger partial charge in [-0.1, -0.05) is 26.0 Å². The molecule has 0 saturated carbocycles. The second kappa shape index (κ2) is 9.33. The predicted octanol–water partition coefficient (Wildman–Crippen LogP) is 4.30. The van der Waals surface area contributed by atoms with Crippen LogP contribution in [0.15, 0.2) is 36.4 Å². The average Bonchev–Trinajstić information content (AvgIpc) is 2.59. The Morgan fingerprint density at radius 1 is 0.960 bits per heavy atom. The van der Waals surface area contributed by atoms with Crippen molar-refractivity contribution in [3.05, 3.63) is 53.1 Å². The summed E-state index contributed by atoms with van der Waals surface area (Å²) in [5.74, 6) is 2.87. The van der Waals surface area contributed by atoms with Crippen LogP contribution in [-0.2, 0) is 6.54 Å². The van der Waals surface area contributed by atoms with Crippen molar-refractivity contribution in [1.29, 1.82) is 0 Å². The molecule has 0 atom stereocenters. The van der Waals surface area contributed by atoms with E-state index in [-0.39, 0.29) is 0 Å². The monoisotopic (exact) mass is 343 g/mol. The Labute approximate surface area is 151 Å². The summed E-state index contributed by atoms with van der Waals surface area (Å²) < 4.78 is 17.0. The van der Waals surface area contributed by atoms with Crippen LogP contribution in [0.4, 0.5) is 0 Å². The van der Waals surface area contributed by atoms with Gasteiger partial charge in [-0.3, -0.25) is 0 Å². The minimum Gasteiger partial charge on any atom is -0.493 e. The summed E-state index contributed by atoms with van der Waals surface area (Å²) in [6.07, 6.45) is 0. The maximum Gasteiger partial charge on any atom is 0.161 e. The van der Waals surface area contributed by atoms with Gasteiger partial charge in [-0.05, 0) is 60.8 Å². The van der Waals surface area contributed by atoms with Crippen LogP contribution in [-0.4, -0.2) is 27.4 Å². The van der Waals surface area contributed by atoms with Crippen LogP contribution < -0.4 is 19.5 Å². The van der Waals surface area contributed by atoms with Crippen LogP contribution >= 0.6 is 0 Å². The molecule has 1 N–H and O–H groups in total. The van der Waals surface area contributed by atoms with Crippen LogP contribution in [0.2, 0.25) is 0 Å². The van der Waals surface area contributed by atoms with Crippen LogP contribution in [0.1, 0.15) is 36.5 Å². The molecule has 0 spiro atoms. The van der Waals surface area contributed by atoms with E-state index in [0.29, 0.717) is 19.1 Å². The molecule has 0 aliphatic carbocycles. The smallest absolute Gasteiger partial charge is 0.161 e. The van der Waals surface area contributed by atoms with Crippen LogP contribution in [0.5, 0.6) is 17.2 Å². The largest absolute Gasteiger partial charge is 0.493 e. The molecule has 0 bridgehead atoms. The fourth-order valence-electron chi connectivity index (χ4n) is 2.84. The third-order valence-corrected chi connectivity index (χ3v) is 4.08. The van der Waals surface area contributed by atoms with E-state index >= 15 is 0 Å². The average molecular weight is 343 g/mol. The zero-order valence-electron chi connectivity index (χ0n) is 15.9. The van der Waals surface area contributed by atoms with E-state index in [0.717, 1.165) is 29.4 Å². The zero-order chi connectivity index (χ0) is 18.2. The lowest BCUT2D eigenvalue weighted by Crippen LogP contribution is -2.10. The molecule has 4 nitrogen and oxygen atoms in total. The molecule has 2 aromatic rings. The van der Waals surface area contributed by atoms with E-state index < -0.39 is 0 Å². The van der Waals surface area contributed by atoms with Gasteiger partial charge in [-0.2, -0.15) is 0 Å². The van der Waals surface area contributed by atoms with Gasteiger partial charge in [0.15, 0.2) is 11.5 Å². The lowest BCUT2D eigenvalue weighted by molar-refractivity contribution is 0.211. The van der Waals surface area contributed by atoms with Gasteiger partial charge < -0.3 is 19.5 Å². The molecule has 0 amide bonds. The van der Waals surface area contributed by atoms with E-state index in [4.69, 9.17) is 14.2 Å². The van der Waals surface area contributed by atoms with E-state index in [9.17, 15) is 0 Å². The Balaban J connectivity index is 1.88. The molecule has 0 heterocycles. The molecule has 0 aliphatic heterocycles. The van der Waals surface area contributed by atoms with Crippen molar-refractivity contribution in [2.45, 2.75) is 33.2 Å². The van der Waals surface area contributed by atoms with Crippen molar-refractivity contribution >= 4 is 0 Å². The normalized spacial score (nSPS) is 10.8. The fraction of sp³-hybridized carbons (Fsp3) is 0.429. The number of rotatable bonds is 9. The molecule has 4 heteroatoms. The molecule has 136 valence electrons. The predicted molar refractivity (Wildman–Crippen MR) is 102 cm³/mol. The van der Waals surface area contributed by atoms with E-state index in [1.807, 2.05) is 31.3 Å². The molecule has 0 aliphatic rings. The van der Waals surface area contributed by atoms with Crippen molar-refractivity contribution in [3.8, 4) is 17.2 Å². The molecule has 0 fully saturated rings. The highest BCUT2D eigenvalue weighted by molar-refractivity contribution is 5.43. The topological polar surface area (TPSA) is 39.7 Å². The molecular formula is C21H29NO3. The van der Waals surface area contributed by atoms with Crippen molar-refractivity contribution in [3.63, 3.8) is 0 Å². The quantitative estimate of drug-likeness (QED) is 0.689. The van der Waals surface area contributed by atoms with Crippen LogP contribution in [0.3, 0.4) is 0 Å². The number of aryl methyl sites for hydroxylation is 1. The molecule has 0 aromatic heterocycles. The summed E-state index contributed by atoms with van der Waals surface area (Å²) in [7, 11) is 3.57. The highest BCUT2D eigenvalue weighted by Gasteiger charge is 2.07. The number of ether oxygens (including phenoxy) is 3. The van der Waals surface area contributed by atoms with Gasteiger partial charge in [0.05, 0.1) is 7.11 Å². The Bertz CT molecular complexity index is 683. The van der Waals surface area contributed by atoms with Crippen molar-refractivity contribution < 1.29 is 14.2 Å². The molecule has 0 saturated heterocycles. The van der Waals surface area contributed by atoms with Crippen LogP contribution in [0.25, 0.3) is 0 Å². The van der Waals surface area contributed by atoms with Crippen molar-refractivity contribution in [2.24, 2.45) is 0 Å². The van der Waals surface area contributed by atoms with Gasteiger partial charge in [0.25, 0.3) is 0 Å². The van der Waals surface area contributed by atoms with Gasteiger partial charge in [-0.15, -0.1) is 0 Å². The molecule has 0 unspecified atom stereocenters. The minimum absolute atomic E-state index is 0.465. The van der Waals surface area contributed by atoms with Gasteiger partial charge in [0.2, 0.25) is 0 Å². The standard InChI is InChI=1S/C21H29NO3/c1-15(2)19-8-7-18(12-16(19)3)24-10-11-25-20-9-6-17(14-22-4)13-21(20)23-5/h6-9,12-13,15,22H,10-11,14H2,1-5H3. The minimum atomic E-state index is 0.465. The Morgan fingerprint density at radius 3 is 2.36 bits per heavy atom. The Morgan fingerprint density at radius 2 is 1.72 bits per heavy atom. The second-order valence-corrected chi connectivity index (χ2v) is 6.39. The summed E-state index contributed by atoms with van der Waals surface area (Å²) in [5.41, 5.74) is 3.77. The first-order valence-corrected chi connectivity index (χ1v) is 8.72. The lowest BCUT2D eigenvalue weighted by Gasteiger charge is -2.14. The van der Waals surface area contributed by atoms with Crippen molar-refractivity contribution in [2.75, 3.05) is 27.4 Å². The van der Waals surface area contributed by atoms with Crippen molar-refractivity contribution in [1.82, 2.24) is 5.32 Å². The highest BCUT2D eigenvalue weighted by atomic mass is 16.5.